The average molecular weight is 687 g/mol. The summed E-state index contributed by atoms with van der Waals surface area (Å²) >= 11 is 8.85. The van der Waals surface area contributed by atoms with Gasteiger partial charge in [-0.3, -0.25) is 14.4 Å². The Kier molecular flexibility index (Phi) is 8.76. The van der Waals surface area contributed by atoms with Crippen molar-refractivity contribution in [3.05, 3.63) is 55.7 Å². The maximum Gasteiger partial charge on any atom is 0.303 e. The molecule has 3 saturated heterocycles. The Hall–Kier alpha value is -3.01. The van der Waals surface area contributed by atoms with E-state index >= 15 is 0 Å². The number of carboxylic acids is 2. The van der Waals surface area contributed by atoms with E-state index in [0.29, 0.717) is 16.6 Å². The summed E-state index contributed by atoms with van der Waals surface area (Å²) in [5, 5.41) is 41.2. The number of allylic oxidation sites excluding steroid dienone is 1. The third-order valence-corrected chi connectivity index (χ3v) is 11.2. The Morgan fingerprint density at radius 3 is 2.45 bits per heavy atom. The van der Waals surface area contributed by atoms with E-state index in [4.69, 9.17) is 22.2 Å². The zero-order valence-electron chi connectivity index (χ0n) is 26.9. The van der Waals surface area contributed by atoms with Crippen LogP contribution in [0.25, 0.3) is 12.2 Å². The number of aromatic nitrogens is 1. The minimum atomic E-state index is -1.35. The molecule has 47 heavy (non-hydrogen) atoms. The zero-order valence-corrected chi connectivity index (χ0v) is 28.7. The van der Waals surface area contributed by atoms with Crippen molar-refractivity contribution in [2.75, 3.05) is 0 Å². The first-order chi connectivity index (χ1) is 22.1. The molecule has 1 amide bonds. The Morgan fingerprint density at radius 2 is 1.81 bits per heavy atom. The van der Waals surface area contributed by atoms with Gasteiger partial charge in [-0.2, -0.15) is 25.3 Å². The van der Waals surface area contributed by atoms with Crippen molar-refractivity contribution >= 4 is 55.3 Å². The van der Waals surface area contributed by atoms with Gasteiger partial charge in [-0.1, -0.05) is 20.8 Å². The molecule has 10 atom stereocenters. The molecule has 0 bridgehead atoms. The Morgan fingerprint density at radius 1 is 1.13 bits per heavy atom. The number of fused-ring (bicyclic) bond motifs is 1. The van der Waals surface area contributed by atoms with E-state index in [-0.39, 0.29) is 72.8 Å². The second-order valence-corrected chi connectivity index (χ2v) is 14.4. The number of amides is 1. The van der Waals surface area contributed by atoms with Crippen LogP contribution in [0.1, 0.15) is 58.1 Å². The van der Waals surface area contributed by atoms with Gasteiger partial charge in [0.2, 0.25) is 0 Å². The lowest BCUT2D eigenvalue weighted by Crippen LogP contribution is -2.44. The number of aromatic amines is 1. The molecule has 254 valence electrons. The second kappa shape index (κ2) is 12.1. The molecule has 6 heterocycles. The number of hydrogen-bond acceptors (Lipinski definition) is 10. The van der Waals surface area contributed by atoms with Crippen molar-refractivity contribution in [3.63, 3.8) is 0 Å². The largest absolute Gasteiger partial charge is 0.481 e. The minimum absolute atomic E-state index is 0.0184. The summed E-state index contributed by atoms with van der Waals surface area (Å²) in [5.41, 5.74) is 3.80. The number of aliphatic hydroxyl groups is 1. The second-order valence-electron chi connectivity index (χ2n) is 13.3. The van der Waals surface area contributed by atoms with Crippen molar-refractivity contribution in [1.29, 1.82) is 0 Å². The van der Waals surface area contributed by atoms with Gasteiger partial charge in [-0.05, 0) is 72.6 Å². The SMILES string of the molecule is CC1=C(/C=C/S)C(=O)N[C@@H]1/C=c1/[nH]/c(=C\C2=C(CCC(=O)O)C(C)[C@@]3(N2)O[C@H]3C2[C@H]([C@H](C)S)[C@@H](C)[C@]3(O)ON23)c(CCC(=O)O)c1C. The lowest BCUT2D eigenvalue weighted by Gasteiger charge is -2.28. The zero-order chi connectivity index (χ0) is 34.2. The van der Waals surface area contributed by atoms with E-state index in [1.165, 1.54) is 5.41 Å². The Bertz CT molecular complexity index is 1750. The van der Waals surface area contributed by atoms with E-state index in [9.17, 15) is 29.7 Å². The third kappa shape index (κ3) is 5.66. The van der Waals surface area contributed by atoms with Crippen molar-refractivity contribution in [2.24, 2.45) is 17.8 Å². The summed E-state index contributed by atoms with van der Waals surface area (Å²) in [7, 11) is 0. The number of hydroxylamine groups is 2. The van der Waals surface area contributed by atoms with Crippen molar-refractivity contribution in [2.45, 2.75) is 95.4 Å². The van der Waals surface area contributed by atoms with Gasteiger partial charge in [0.25, 0.3) is 11.8 Å². The van der Waals surface area contributed by atoms with Crippen LogP contribution in [-0.2, 0) is 30.4 Å². The molecule has 3 unspecified atom stereocenters. The maximum atomic E-state index is 12.6. The number of nitrogens with one attached hydrogen (secondary N) is 3. The molecular weight excluding hydrogens is 645 g/mol. The van der Waals surface area contributed by atoms with Crippen LogP contribution in [0.4, 0.5) is 0 Å². The molecule has 12 nitrogen and oxygen atoms in total. The molecule has 0 saturated carbocycles. The lowest BCUT2D eigenvalue weighted by molar-refractivity contribution is -0.138. The number of carbonyl (C=O) groups excluding carboxylic acids is 1. The summed E-state index contributed by atoms with van der Waals surface area (Å²) in [4.78, 5) is 45.0. The number of rotatable bonds is 11. The van der Waals surface area contributed by atoms with Gasteiger partial charge in [0.1, 0.15) is 6.10 Å². The van der Waals surface area contributed by atoms with Crippen LogP contribution in [-0.4, -0.2) is 78.3 Å². The monoisotopic (exact) mass is 686 g/mol. The number of H-pyrrole nitrogens is 1. The normalized spacial score (nSPS) is 37.3. The van der Waals surface area contributed by atoms with E-state index in [1.54, 1.807) is 11.1 Å². The van der Waals surface area contributed by atoms with Gasteiger partial charge < -0.3 is 35.7 Å². The van der Waals surface area contributed by atoms with Gasteiger partial charge in [0.15, 0.2) is 5.72 Å². The molecular formula is C33H42N4O8S2. The number of hydrogen-bond donors (Lipinski definition) is 8. The summed E-state index contributed by atoms with van der Waals surface area (Å²) in [6.45, 7) is 9.74. The van der Waals surface area contributed by atoms with Crippen LogP contribution >= 0.6 is 25.3 Å². The highest BCUT2D eigenvalue weighted by Crippen LogP contribution is 2.62. The van der Waals surface area contributed by atoms with Gasteiger partial charge >= 0.3 is 11.9 Å². The molecule has 5 aliphatic rings. The minimum Gasteiger partial charge on any atom is -0.481 e. The predicted molar refractivity (Wildman–Crippen MR) is 179 cm³/mol. The van der Waals surface area contributed by atoms with E-state index < -0.39 is 23.6 Å². The van der Waals surface area contributed by atoms with Crippen LogP contribution in [0.15, 0.2) is 33.9 Å². The molecule has 0 aliphatic carbocycles. The first-order valence-corrected chi connectivity index (χ1v) is 16.9. The van der Waals surface area contributed by atoms with Crippen LogP contribution in [0.5, 0.6) is 0 Å². The molecule has 6 rings (SSSR count). The number of epoxide rings is 1. The number of nitrogens with zero attached hydrogens (tertiary/aromatic N) is 1. The fraction of sp³-hybridized carbons (Fsp3) is 0.545. The Labute approximate surface area is 283 Å². The lowest BCUT2D eigenvalue weighted by atomic mass is 9.82. The average Bonchev–Trinajstić information content (AvgIpc) is 3.77. The van der Waals surface area contributed by atoms with Gasteiger partial charge in [-0.15, -0.1) is 5.06 Å². The fourth-order valence-electron chi connectivity index (χ4n) is 7.93. The highest BCUT2D eigenvalue weighted by Gasteiger charge is 2.79. The van der Waals surface area contributed by atoms with E-state index in [0.717, 1.165) is 27.6 Å². The number of aliphatic carboxylic acids is 2. The topological polar surface area (TPSA) is 180 Å². The predicted octanol–water partition coefficient (Wildman–Crippen LogP) is 1.46. The molecule has 1 aromatic rings. The number of carbonyl (C=O) groups is 3. The maximum absolute atomic E-state index is 12.6. The Balaban J connectivity index is 1.40. The molecule has 0 aromatic carbocycles. The standard InChI is InChI=1S/C33H42N4O8S2/c1-14-19(6-8-26(38)39)24(34-22(14)12-23-15(2)20(10-11-46)31(42)35-23)13-25-21(7-9-27(40)41)16(3)32(36-25)30(44-32)29-28(18(5)47)17(4)33(43)37(29)45-33/h10-13,16-18,23,28-30,34,36,43,46-47H,6-9H2,1-5H3,(H,35,42)(H,38,39)(H,40,41)/b11-10+,22-12+,24-13-/t16?,17-,18+,23-,28+,29?,30+,32-,33+,37?/m1/s1. The van der Waals surface area contributed by atoms with Crippen LogP contribution in [0.3, 0.4) is 0 Å². The number of carboxylic acid groups (broad SMARTS) is 2. The number of thiol groups is 2. The molecule has 6 N–H and O–H groups in total. The number of ether oxygens (including phenoxy) is 1. The van der Waals surface area contributed by atoms with Crippen LogP contribution in [0, 0.1) is 24.7 Å². The van der Waals surface area contributed by atoms with Crippen molar-refractivity contribution in [1.82, 2.24) is 20.7 Å². The molecule has 5 aliphatic heterocycles. The van der Waals surface area contributed by atoms with Gasteiger partial charge in [0.05, 0.1) is 12.1 Å². The van der Waals surface area contributed by atoms with Crippen molar-refractivity contribution in [3.8, 4) is 0 Å². The van der Waals surface area contributed by atoms with E-state index in [1.807, 2.05) is 46.8 Å². The van der Waals surface area contributed by atoms with Crippen molar-refractivity contribution < 1.29 is 39.3 Å². The summed E-state index contributed by atoms with van der Waals surface area (Å²) in [5.74, 6) is -3.80. The first-order valence-electron chi connectivity index (χ1n) is 15.9. The molecule has 1 spiro atoms. The molecule has 0 radical (unpaired) electrons. The molecule has 1 aromatic heterocycles. The summed E-state index contributed by atoms with van der Waals surface area (Å²) < 4.78 is 6.48. The molecule has 3 fully saturated rings. The first kappa shape index (κ1) is 33.9. The smallest absolute Gasteiger partial charge is 0.303 e. The molecule has 14 heteroatoms. The van der Waals surface area contributed by atoms with Crippen LogP contribution < -0.4 is 21.3 Å². The summed E-state index contributed by atoms with van der Waals surface area (Å²) in [6.07, 6.45) is 5.52. The quantitative estimate of drug-likeness (QED) is 0.126. The highest BCUT2D eigenvalue weighted by atomic mass is 32.1. The van der Waals surface area contributed by atoms with Gasteiger partial charge in [-0.25, -0.2) is 4.84 Å². The fourth-order valence-corrected chi connectivity index (χ4v) is 8.51. The van der Waals surface area contributed by atoms with E-state index in [2.05, 4.69) is 28.2 Å². The summed E-state index contributed by atoms with van der Waals surface area (Å²) in [6, 6.07) is -0.634. The van der Waals surface area contributed by atoms with Gasteiger partial charge in [0, 0.05) is 57.8 Å². The third-order valence-electron chi connectivity index (χ3n) is 10.7. The van der Waals surface area contributed by atoms with Crippen LogP contribution in [0.2, 0.25) is 0 Å². The highest BCUT2D eigenvalue weighted by molar-refractivity contribution is 7.83.